The van der Waals surface area contributed by atoms with E-state index in [0.29, 0.717) is 0 Å². The average Bonchev–Trinajstić information content (AvgIpc) is 2.24. The molecule has 2 N–H and O–H groups in total. The monoisotopic (exact) mass is 207 g/mol. The Morgan fingerprint density at radius 2 is 2.27 bits per heavy atom. The van der Waals surface area contributed by atoms with E-state index in [1.807, 2.05) is 6.07 Å². The van der Waals surface area contributed by atoms with Crippen LogP contribution in [0.3, 0.4) is 0 Å². The minimum absolute atomic E-state index is 0.126. The largest absolute Gasteiger partial charge is 0.394 e. The van der Waals surface area contributed by atoms with Crippen LogP contribution >= 0.6 is 0 Å². The molecule has 2 rings (SSSR count). The lowest BCUT2D eigenvalue weighted by molar-refractivity contribution is 0.144. The number of rotatable bonds is 4. The Kier molecular flexibility index (Phi) is 2.86. The molecule has 1 aromatic rings. The van der Waals surface area contributed by atoms with Crippen molar-refractivity contribution in [3.05, 3.63) is 18.1 Å². The molecule has 82 valence electrons. The van der Waals surface area contributed by atoms with Crippen LogP contribution in [0.2, 0.25) is 0 Å². The van der Waals surface area contributed by atoms with Crippen LogP contribution in [0.25, 0.3) is 0 Å². The summed E-state index contributed by atoms with van der Waals surface area (Å²) >= 11 is 0. The molecular weight excluding hydrogens is 190 g/mol. The molecule has 0 spiro atoms. The van der Waals surface area contributed by atoms with Gasteiger partial charge in [0.1, 0.15) is 12.1 Å². The molecule has 0 aromatic carbocycles. The van der Waals surface area contributed by atoms with Crippen LogP contribution in [0.5, 0.6) is 0 Å². The fourth-order valence-corrected chi connectivity index (χ4v) is 1.86. The van der Waals surface area contributed by atoms with E-state index < -0.39 is 0 Å². The lowest BCUT2D eigenvalue weighted by Crippen LogP contribution is -2.48. The molecule has 1 aliphatic carbocycles. The number of aliphatic hydroxyl groups is 1. The molecular formula is C11H17N3O. The van der Waals surface area contributed by atoms with Gasteiger partial charge in [-0.1, -0.05) is 6.92 Å². The van der Waals surface area contributed by atoms with Gasteiger partial charge in [0.25, 0.3) is 0 Å². The van der Waals surface area contributed by atoms with Gasteiger partial charge in [0, 0.05) is 11.8 Å². The highest BCUT2D eigenvalue weighted by atomic mass is 16.3. The zero-order valence-corrected chi connectivity index (χ0v) is 9.03. The number of anilines is 1. The number of hydrogen-bond donors (Lipinski definition) is 2. The van der Waals surface area contributed by atoms with E-state index >= 15 is 0 Å². The van der Waals surface area contributed by atoms with Crippen molar-refractivity contribution >= 4 is 5.82 Å². The van der Waals surface area contributed by atoms with Crippen LogP contribution < -0.4 is 5.32 Å². The molecule has 1 heterocycles. The Hall–Kier alpha value is -1.16. The van der Waals surface area contributed by atoms with Crippen molar-refractivity contribution in [1.29, 1.82) is 0 Å². The van der Waals surface area contributed by atoms with Gasteiger partial charge in [-0.25, -0.2) is 9.97 Å². The normalized spacial score (nSPS) is 18.3. The molecule has 1 fully saturated rings. The molecule has 0 amide bonds. The smallest absolute Gasteiger partial charge is 0.130 e. The number of hydrogen-bond acceptors (Lipinski definition) is 4. The maximum Gasteiger partial charge on any atom is 0.130 e. The lowest BCUT2D eigenvalue weighted by atomic mass is 9.77. The third-order valence-electron chi connectivity index (χ3n) is 3.09. The number of nitrogens with zero attached hydrogens (tertiary/aromatic N) is 2. The minimum atomic E-state index is -0.126. The zero-order valence-electron chi connectivity index (χ0n) is 9.03. The maximum absolute atomic E-state index is 9.32. The quantitative estimate of drug-likeness (QED) is 0.782. The molecule has 0 saturated heterocycles. The molecule has 1 aliphatic rings. The molecule has 0 aliphatic heterocycles. The van der Waals surface area contributed by atoms with E-state index in [2.05, 4.69) is 22.2 Å². The Labute approximate surface area is 89.8 Å². The molecule has 4 heteroatoms. The van der Waals surface area contributed by atoms with Crippen LogP contribution in [0.1, 0.15) is 31.9 Å². The van der Waals surface area contributed by atoms with Crippen molar-refractivity contribution in [3.8, 4) is 0 Å². The van der Waals surface area contributed by atoms with Gasteiger partial charge < -0.3 is 10.4 Å². The Morgan fingerprint density at radius 3 is 2.80 bits per heavy atom. The summed E-state index contributed by atoms with van der Waals surface area (Å²) in [5.74, 6) is 0.829. The Morgan fingerprint density at radius 1 is 1.47 bits per heavy atom. The fourth-order valence-electron chi connectivity index (χ4n) is 1.86. The molecule has 0 atom stereocenters. The first-order valence-electron chi connectivity index (χ1n) is 5.48. The number of nitrogens with one attached hydrogen (secondary N) is 1. The van der Waals surface area contributed by atoms with Gasteiger partial charge in [-0.05, 0) is 25.7 Å². The van der Waals surface area contributed by atoms with E-state index in [0.717, 1.165) is 30.8 Å². The van der Waals surface area contributed by atoms with Crippen molar-refractivity contribution in [1.82, 2.24) is 9.97 Å². The van der Waals surface area contributed by atoms with E-state index in [9.17, 15) is 5.11 Å². The molecule has 0 unspecified atom stereocenters. The van der Waals surface area contributed by atoms with Gasteiger partial charge in [-0.15, -0.1) is 0 Å². The highest BCUT2D eigenvalue weighted by Gasteiger charge is 2.36. The first-order chi connectivity index (χ1) is 7.28. The highest BCUT2D eigenvalue weighted by Crippen LogP contribution is 2.34. The third-order valence-corrected chi connectivity index (χ3v) is 3.09. The van der Waals surface area contributed by atoms with Gasteiger partial charge in [0.15, 0.2) is 0 Å². The molecule has 4 nitrogen and oxygen atoms in total. The number of aliphatic hydroxyl groups excluding tert-OH is 1. The topological polar surface area (TPSA) is 58.0 Å². The summed E-state index contributed by atoms with van der Waals surface area (Å²) in [6.07, 6.45) is 5.71. The van der Waals surface area contributed by atoms with Gasteiger partial charge >= 0.3 is 0 Å². The van der Waals surface area contributed by atoms with Crippen molar-refractivity contribution in [3.63, 3.8) is 0 Å². The predicted molar refractivity (Wildman–Crippen MR) is 58.7 cm³/mol. The summed E-state index contributed by atoms with van der Waals surface area (Å²) in [5, 5.41) is 12.6. The molecule has 0 bridgehead atoms. The minimum Gasteiger partial charge on any atom is -0.394 e. The SMILES string of the molecule is CCc1cc(NC2(CO)CCC2)ncn1. The second-order valence-corrected chi connectivity index (χ2v) is 4.17. The standard InChI is InChI=1S/C11H17N3O/c1-2-9-6-10(13-8-12-9)14-11(7-15)4-3-5-11/h6,8,15H,2-5,7H2,1H3,(H,12,13,14). The van der Waals surface area contributed by atoms with Gasteiger partial charge in [-0.3, -0.25) is 0 Å². The lowest BCUT2D eigenvalue weighted by Gasteiger charge is -2.41. The fraction of sp³-hybridized carbons (Fsp3) is 0.636. The van der Waals surface area contributed by atoms with E-state index in [1.165, 1.54) is 6.42 Å². The maximum atomic E-state index is 9.32. The molecule has 1 saturated carbocycles. The van der Waals surface area contributed by atoms with Gasteiger partial charge in [0.05, 0.1) is 12.1 Å². The second kappa shape index (κ2) is 4.14. The number of aromatic nitrogens is 2. The number of aryl methyl sites for hydroxylation is 1. The van der Waals surface area contributed by atoms with Gasteiger partial charge in [-0.2, -0.15) is 0 Å². The first kappa shape index (κ1) is 10.4. The summed E-state index contributed by atoms with van der Waals surface area (Å²) in [5.41, 5.74) is 0.902. The van der Waals surface area contributed by atoms with Crippen LogP contribution in [-0.2, 0) is 6.42 Å². The summed E-state index contributed by atoms with van der Waals surface area (Å²) < 4.78 is 0. The average molecular weight is 207 g/mol. The summed E-state index contributed by atoms with van der Waals surface area (Å²) in [7, 11) is 0. The van der Waals surface area contributed by atoms with Crippen molar-refractivity contribution in [2.24, 2.45) is 0 Å². The summed E-state index contributed by atoms with van der Waals surface area (Å²) in [4.78, 5) is 8.31. The van der Waals surface area contributed by atoms with Crippen LogP contribution in [0.4, 0.5) is 5.82 Å². The Bertz CT molecular complexity index is 331. The van der Waals surface area contributed by atoms with E-state index in [4.69, 9.17) is 0 Å². The summed E-state index contributed by atoms with van der Waals surface area (Å²) in [6, 6.07) is 1.95. The van der Waals surface area contributed by atoms with Crippen LogP contribution in [-0.4, -0.2) is 27.2 Å². The zero-order chi connectivity index (χ0) is 10.7. The first-order valence-corrected chi connectivity index (χ1v) is 5.48. The third kappa shape index (κ3) is 2.09. The van der Waals surface area contributed by atoms with E-state index in [1.54, 1.807) is 6.33 Å². The van der Waals surface area contributed by atoms with Crippen molar-refractivity contribution < 1.29 is 5.11 Å². The van der Waals surface area contributed by atoms with Gasteiger partial charge in [0.2, 0.25) is 0 Å². The van der Waals surface area contributed by atoms with Crippen molar-refractivity contribution in [2.45, 2.75) is 38.1 Å². The van der Waals surface area contributed by atoms with Crippen LogP contribution in [0, 0.1) is 0 Å². The molecule has 1 aromatic heterocycles. The molecule has 0 radical (unpaired) electrons. The van der Waals surface area contributed by atoms with E-state index in [-0.39, 0.29) is 12.1 Å². The molecule has 15 heavy (non-hydrogen) atoms. The van der Waals surface area contributed by atoms with Crippen LogP contribution in [0.15, 0.2) is 12.4 Å². The summed E-state index contributed by atoms with van der Waals surface area (Å²) in [6.45, 7) is 2.25. The Balaban J connectivity index is 2.09. The highest BCUT2D eigenvalue weighted by molar-refractivity contribution is 5.39. The van der Waals surface area contributed by atoms with Crippen molar-refractivity contribution in [2.75, 3.05) is 11.9 Å². The second-order valence-electron chi connectivity index (χ2n) is 4.17. The predicted octanol–water partition coefficient (Wildman–Crippen LogP) is 1.37.